The van der Waals surface area contributed by atoms with Gasteiger partial charge < -0.3 is 10.4 Å². The van der Waals surface area contributed by atoms with E-state index in [9.17, 15) is 14.7 Å². The van der Waals surface area contributed by atoms with Gasteiger partial charge in [-0.05, 0) is 28.8 Å². The second kappa shape index (κ2) is 6.98. The second-order valence-electron chi connectivity index (χ2n) is 5.45. The number of carboxylic acid groups (broad SMARTS) is 1. The summed E-state index contributed by atoms with van der Waals surface area (Å²) in [6.07, 6.45) is 7.80. The third-order valence-corrected chi connectivity index (χ3v) is 4.31. The Hall–Kier alpha value is -1.50. The molecular formula is C14H18BrN3O3. The van der Waals surface area contributed by atoms with Gasteiger partial charge in [-0.1, -0.05) is 25.7 Å². The Morgan fingerprint density at radius 2 is 1.86 bits per heavy atom. The van der Waals surface area contributed by atoms with E-state index in [1.165, 1.54) is 12.4 Å². The summed E-state index contributed by atoms with van der Waals surface area (Å²) in [5.41, 5.74) is -0.941. The van der Waals surface area contributed by atoms with Crippen LogP contribution < -0.4 is 5.32 Å². The van der Waals surface area contributed by atoms with Gasteiger partial charge in [0.15, 0.2) is 5.82 Å². The van der Waals surface area contributed by atoms with E-state index in [4.69, 9.17) is 0 Å². The lowest BCUT2D eigenvalue weighted by Crippen LogP contribution is -2.35. The van der Waals surface area contributed by atoms with E-state index < -0.39 is 11.4 Å². The number of hydrogen-bond acceptors (Lipinski definition) is 4. The highest BCUT2D eigenvalue weighted by atomic mass is 79.9. The van der Waals surface area contributed by atoms with Gasteiger partial charge in [0.25, 0.3) is 0 Å². The summed E-state index contributed by atoms with van der Waals surface area (Å²) in [4.78, 5) is 31.8. The number of amides is 1. The van der Waals surface area contributed by atoms with Crippen LogP contribution in [0.3, 0.4) is 0 Å². The van der Waals surface area contributed by atoms with Crippen LogP contribution in [-0.4, -0.2) is 27.0 Å². The Kier molecular flexibility index (Phi) is 5.27. The molecule has 0 spiro atoms. The zero-order chi connectivity index (χ0) is 15.3. The first-order chi connectivity index (χ1) is 10.0. The molecule has 1 aliphatic carbocycles. The molecule has 0 atom stereocenters. The Labute approximate surface area is 131 Å². The number of hydrogen-bond donors (Lipinski definition) is 2. The largest absolute Gasteiger partial charge is 0.481 e. The van der Waals surface area contributed by atoms with Crippen molar-refractivity contribution >= 4 is 33.6 Å². The predicted octanol–water partition coefficient (Wildman–Crippen LogP) is 2.99. The summed E-state index contributed by atoms with van der Waals surface area (Å²) in [6.45, 7) is 0. The SMILES string of the molecule is O=C(CC1(C(=O)O)CCCCCC1)Nc1cnc(Br)cn1. The lowest BCUT2D eigenvalue weighted by Gasteiger charge is -2.27. The molecule has 0 unspecified atom stereocenters. The molecule has 1 saturated carbocycles. The molecule has 1 fully saturated rings. The van der Waals surface area contributed by atoms with Crippen molar-refractivity contribution in [3.63, 3.8) is 0 Å². The Morgan fingerprint density at radius 3 is 2.38 bits per heavy atom. The maximum absolute atomic E-state index is 12.1. The quantitative estimate of drug-likeness (QED) is 0.809. The molecule has 0 aromatic carbocycles. The molecule has 0 aliphatic heterocycles. The molecule has 7 heteroatoms. The molecule has 1 aliphatic rings. The molecule has 1 amide bonds. The molecule has 1 heterocycles. The third-order valence-electron chi connectivity index (χ3n) is 3.90. The highest BCUT2D eigenvalue weighted by molar-refractivity contribution is 9.10. The Bertz CT molecular complexity index is 511. The number of carbonyl (C=O) groups is 2. The van der Waals surface area contributed by atoms with Crippen molar-refractivity contribution in [2.45, 2.75) is 44.9 Å². The minimum atomic E-state index is -0.941. The fourth-order valence-corrected chi connectivity index (χ4v) is 2.95. The van der Waals surface area contributed by atoms with Gasteiger partial charge in [-0.3, -0.25) is 9.59 Å². The first-order valence-electron chi connectivity index (χ1n) is 7.03. The number of halogens is 1. The van der Waals surface area contributed by atoms with Gasteiger partial charge in [0.1, 0.15) is 4.60 Å². The van der Waals surface area contributed by atoms with Crippen molar-refractivity contribution in [3.8, 4) is 0 Å². The molecule has 2 N–H and O–H groups in total. The van der Waals surface area contributed by atoms with Crippen molar-refractivity contribution in [3.05, 3.63) is 17.0 Å². The molecule has 6 nitrogen and oxygen atoms in total. The number of carbonyl (C=O) groups excluding carboxylic acids is 1. The predicted molar refractivity (Wildman–Crippen MR) is 80.7 cm³/mol. The van der Waals surface area contributed by atoms with E-state index in [0.29, 0.717) is 23.3 Å². The van der Waals surface area contributed by atoms with Gasteiger partial charge in [-0.25, -0.2) is 9.97 Å². The van der Waals surface area contributed by atoms with Gasteiger partial charge >= 0.3 is 5.97 Å². The zero-order valence-corrected chi connectivity index (χ0v) is 13.2. The van der Waals surface area contributed by atoms with Crippen LogP contribution in [0.4, 0.5) is 5.82 Å². The minimum Gasteiger partial charge on any atom is -0.481 e. The van der Waals surface area contributed by atoms with E-state index in [1.807, 2.05) is 0 Å². The maximum Gasteiger partial charge on any atom is 0.310 e. The van der Waals surface area contributed by atoms with Crippen molar-refractivity contribution < 1.29 is 14.7 Å². The topological polar surface area (TPSA) is 92.2 Å². The number of anilines is 1. The average molecular weight is 356 g/mol. The van der Waals surface area contributed by atoms with Crippen molar-refractivity contribution in [2.75, 3.05) is 5.32 Å². The fourth-order valence-electron chi connectivity index (χ4n) is 2.74. The summed E-state index contributed by atoms with van der Waals surface area (Å²) in [7, 11) is 0. The smallest absolute Gasteiger partial charge is 0.310 e. The lowest BCUT2D eigenvalue weighted by molar-refractivity contribution is -0.152. The maximum atomic E-state index is 12.1. The molecule has 2 rings (SSSR count). The van der Waals surface area contributed by atoms with E-state index in [-0.39, 0.29) is 12.3 Å². The highest BCUT2D eigenvalue weighted by Crippen LogP contribution is 2.38. The molecule has 1 aromatic heterocycles. The fraction of sp³-hybridized carbons (Fsp3) is 0.571. The summed E-state index contributed by atoms with van der Waals surface area (Å²) in [6, 6.07) is 0. The van der Waals surface area contributed by atoms with Gasteiger partial charge in [0.05, 0.1) is 17.8 Å². The van der Waals surface area contributed by atoms with Crippen LogP contribution in [-0.2, 0) is 9.59 Å². The Morgan fingerprint density at radius 1 is 1.19 bits per heavy atom. The molecule has 1 aromatic rings. The monoisotopic (exact) mass is 355 g/mol. The van der Waals surface area contributed by atoms with Gasteiger partial charge in [-0.2, -0.15) is 0 Å². The number of aliphatic carboxylic acids is 1. The van der Waals surface area contributed by atoms with Crippen molar-refractivity contribution in [1.82, 2.24) is 9.97 Å². The van der Waals surface area contributed by atoms with Crippen LogP contribution >= 0.6 is 15.9 Å². The van der Waals surface area contributed by atoms with Crippen molar-refractivity contribution in [1.29, 1.82) is 0 Å². The number of aromatic nitrogens is 2. The molecule has 114 valence electrons. The van der Waals surface area contributed by atoms with E-state index in [2.05, 4.69) is 31.2 Å². The van der Waals surface area contributed by atoms with Crippen molar-refractivity contribution in [2.24, 2.45) is 5.41 Å². The van der Waals surface area contributed by atoms with Crippen LogP contribution in [0.15, 0.2) is 17.0 Å². The Balaban J connectivity index is 2.04. The number of nitrogens with zero attached hydrogens (tertiary/aromatic N) is 2. The van der Waals surface area contributed by atoms with Crippen LogP contribution in [0, 0.1) is 5.41 Å². The average Bonchev–Trinajstić information content (AvgIpc) is 2.68. The lowest BCUT2D eigenvalue weighted by atomic mass is 9.77. The summed E-state index contributed by atoms with van der Waals surface area (Å²) in [5, 5.41) is 12.2. The van der Waals surface area contributed by atoms with Gasteiger partial charge in [-0.15, -0.1) is 0 Å². The normalized spacial score (nSPS) is 17.8. The third kappa shape index (κ3) is 4.23. The van der Waals surface area contributed by atoms with E-state index >= 15 is 0 Å². The van der Waals surface area contributed by atoms with E-state index in [1.54, 1.807) is 0 Å². The van der Waals surface area contributed by atoms with Gasteiger partial charge in [0, 0.05) is 6.42 Å². The zero-order valence-electron chi connectivity index (χ0n) is 11.6. The molecule has 21 heavy (non-hydrogen) atoms. The van der Waals surface area contributed by atoms with Crippen LogP contribution in [0.1, 0.15) is 44.9 Å². The standard InChI is InChI=1S/C14H18BrN3O3/c15-10-8-17-11(9-16-10)18-12(19)7-14(13(20)21)5-3-1-2-4-6-14/h8-9H,1-7H2,(H,20,21)(H,17,18,19). The number of nitrogens with one attached hydrogen (secondary N) is 1. The number of carboxylic acids is 1. The molecule has 0 bridgehead atoms. The summed E-state index contributed by atoms with van der Waals surface area (Å²) < 4.78 is 0.575. The second-order valence-corrected chi connectivity index (χ2v) is 6.26. The minimum absolute atomic E-state index is 0.0138. The van der Waals surface area contributed by atoms with E-state index in [0.717, 1.165) is 25.7 Å². The number of rotatable bonds is 4. The van der Waals surface area contributed by atoms with Gasteiger partial charge in [0.2, 0.25) is 5.91 Å². The first-order valence-corrected chi connectivity index (χ1v) is 7.82. The van der Waals surface area contributed by atoms with Crippen LogP contribution in [0.2, 0.25) is 0 Å². The molecule has 0 saturated heterocycles. The highest BCUT2D eigenvalue weighted by Gasteiger charge is 2.40. The summed E-state index contributed by atoms with van der Waals surface area (Å²) in [5.74, 6) is -0.866. The molecular weight excluding hydrogens is 338 g/mol. The van der Waals surface area contributed by atoms with Crippen LogP contribution in [0.25, 0.3) is 0 Å². The molecule has 0 radical (unpaired) electrons. The summed E-state index contributed by atoms with van der Waals surface area (Å²) >= 11 is 3.16. The van der Waals surface area contributed by atoms with Crippen LogP contribution in [0.5, 0.6) is 0 Å². The first kappa shape index (κ1) is 15.9.